The molecule has 4 nitrogen and oxygen atoms in total. The van der Waals surface area contributed by atoms with Gasteiger partial charge in [-0.05, 0) is 18.4 Å². The van der Waals surface area contributed by atoms with Crippen molar-refractivity contribution in [2.45, 2.75) is 18.9 Å². The van der Waals surface area contributed by atoms with E-state index in [4.69, 9.17) is 15.5 Å². The quantitative estimate of drug-likeness (QED) is 0.533. The zero-order chi connectivity index (χ0) is 12.7. The zero-order valence-electron chi connectivity index (χ0n) is 9.57. The highest BCUT2D eigenvalue weighted by Crippen LogP contribution is 2.33. The second-order valence-corrected chi connectivity index (χ2v) is 5.66. The zero-order valence-corrected chi connectivity index (χ0v) is 10.5. The maximum atomic E-state index is 10.6. The van der Waals surface area contributed by atoms with Gasteiger partial charge in [-0.2, -0.15) is 0 Å². The Kier molecular flexibility index (Phi) is 5.59. The molecule has 0 radical (unpaired) electrons. The van der Waals surface area contributed by atoms with Crippen molar-refractivity contribution in [2.24, 2.45) is 5.73 Å². The van der Waals surface area contributed by atoms with Crippen molar-refractivity contribution in [3.63, 3.8) is 0 Å². The summed E-state index contributed by atoms with van der Waals surface area (Å²) in [5.41, 5.74) is 7.03. The molecule has 0 fully saturated rings. The van der Waals surface area contributed by atoms with Gasteiger partial charge in [-0.3, -0.25) is 4.57 Å². The Hall–Kier alpha value is -0.930. The fourth-order valence-electron chi connectivity index (χ4n) is 1.45. The molecule has 0 spiro atoms. The van der Waals surface area contributed by atoms with E-state index in [0.29, 0.717) is 0 Å². The third kappa shape index (κ3) is 7.08. The van der Waals surface area contributed by atoms with Gasteiger partial charge in [0.15, 0.2) is 0 Å². The molecule has 1 aromatic rings. The van der Waals surface area contributed by atoms with Crippen LogP contribution in [0, 0.1) is 0 Å². The number of hydrogen-bond donors (Lipinski definition) is 3. The van der Waals surface area contributed by atoms with Gasteiger partial charge < -0.3 is 15.5 Å². The van der Waals surface area contributed by atoms with E-state index in [1.807, 2.05) is 30.3 Å². The van der Waals surface area contributed by atoms with Crippen LogP contribution in [0.5, 0.6) is 0 Å². The van der Waals surface area contributed by atoms with Crippen LogP contribution in [0.2, 0.25) is 0 Å². The average molecular weight is 255 g/mol. The van der Waals surface area contributed by atoms with Gasteiger partial charge in [-0.15, -0.1) is 0 Å². The lowest BCUT2D eigenvalue weighted by Gasteiger charge is -2.06. The van der Waals surface area contributed by atoms with Gasteiger partial charge in [0.2, 0.25) is 0 Å². The number of benzene rings is 1. The van der Waals surface area contributed by atoms with Crippen molar-refractivity contribution in [2.75, 3.05) is 6.16 Å². The lowest BCUT2D eigenvalue weighted by atomic mass is 10.1. The maximum absolute atomic E-state index is 10.6. The Morgan fingerprint density at radius 1 is 1.29 bits per heavy atom. The summed E-state index contributed by atoms with van der Waals surface area (Å²) in [5.74, 6) is 0. The smallest absolute Gasteiger partial charge is 0.324 e. The first kappa shape index (κ1) is 14.1. The standard InChI is InChI=1S/C12H18NO3P/c13-12(7-4-10-17(14,15)16)9-8-11-5-2-1-3-6-11/h1-7,12H,8-10,13H2,(H2,14,15,16)/b7-4+. The predicted molar refractivity (Wildman–Crippen MR) is 68.8 cm³/mol. The summed E-state index contributed by atoms with van der Waals surface area (Å²) in [4.78, 5) is 17.3. The SMILES string of the molecule is NC(/C=C/CP(=O)(O)O)CCc1ccccc1. The van der Waals surface area contributed by atoms with E-state index in [2.05, 4.69) is 0 Å². The Bertz CT molecular complexity index is 399. The third-order valence-electron chi connectivity index (χ3n) is 2.34. The monoisotopic (exact) mass is 255 g/mol. The highest BCUT2D eigenvalue weighted by molar-refractivity contribution is 7.51. The lowest BCUT2D eigenvalue weighted by Crippen LogP contribution is -2.17. The summed E-state index contributed by atoms with van der Waals surface area (Å²) in [6, 6.07) is 9.82. The van der Waals surface area contributed by atoms with Crippen molar-refractivity contribution in [1.29, 1.82) is 0 Å². The van der Waals surface area contributed by atoms with Crippen LogP contribution in [0.1, 0.15) is 12.0 Å². The fraction of sp³-hybridized carbons (Fsp3) is 0.333. The number of hydrogen-bond acceptors (Lipinski definition) is 2. The molecule has 0 aliphatic carbocycles. The Morgan fingerprint density at radius 3 is 2.53 bits per heavy atom. The minimum Gasteiger partial charge on any atom is -0.324 e. The van der Waals surface area contributed by atoms with Crippen LogP contribution >= 0.6 is 7.60 Å². The summed E-state index contributed by atoms with van der Waals surface area (Å²) in [5, 5.41) is 0. The van der Waals surface area contributed by atoms with Crippen LogP contribution in [0.15, 0.2) is 42.5 Å². The third-order valence-corrected chi connectivity index (χ3v) is 3.02. The van der Waals surface area contributed by atoms with E-state index in [1.54, 1.807) is 6.08 Å². The second-order valence-electron chi connectivity index (χ2n) is 3.96. The lowest BCUT2D eigenvalue weighted by molar-refractivity contribution is 0.377. The van der Waals surface area contributed by atoms with Gasteiger partial charge in [0, 0.05) is 6.04 Å². The van der Waals surface area contributed by atoms with Crippen molar-refractivity contribution in [3.8, 4) is 0 Å². The van der Waals surface area contributed by atoms with Gasteiger partial charge in [0.05, 0.1) is 6.16 Å². The number of nitrogens with two attached hydrogens (primary N) is 1. The largest absolute Gasteiger partial charge is 0.329 e. The van der Waals surface area contributed by atoms with Crippen molar-refractivity contribution in [3.05, 3.63) is 48.0 Å². The Labute approximate surface area is 101 Å². The molecule has 5 heteroatoms. The molecular weight excluding hydrogens is 237 g/mol. The molecule has 1 rings (SSSR count). The number of rotatable bonds is 6. The van der Waals surface area contributed by atoms with Gasteiger partial charge in [-0.25, -0.2) is 0 Å². The molecule has 17 heavy (non-hydrogen) atoms. The van der Waals surface area contributed by atoms with Crippen LogP contribution in [0.3, 0.4) is 0 Å². The summed E-state index contributed by atoms with van der Waals surface area (Å²) in [7, 11) is -3.94. The Morgan fingerprint density at radius 2 is 1.94 bits per heavy atom. The minimum absolute atomic E-state index is 0.165. The van der Waals surface area contributed by atoms with Crippen LogP contribution < -0.4 is 5.73 Å². The molecule has 0 aliphatic rings. The second kappa shape index (κ2) is 6.72. The predicted octanol–water partition coefficient (Wildman–Crippen LogP) is 1.68. The van der Waals surface area contributed by atoms with E-state index in [0.717, 1.165) is 12.8 Å². The molecule has 0 saturated carbocycles. The van der Waals surface area contributed by atoms with Crippen LogP contribution in [-0.4, -0.2) is 22.0 Å². The van der Waals surface area contributed by atoms with Gasteiger partial charge in [0.25, 0.3) is 0 Å². The fourth-order valence-corrected chi connectivity index (χ4v) is 1.84. The average Bonchev–Trinajstić information content (AvgIpc) is 2.26. The molecule has 0 amide bonds. The molecule has 0 aliphatic heterocycles. The first-order valence-corrected chi connectivity index (χ1v) is 7.28. The summed E-state index contributed by atoms with van der Waals surface area (Å²) in [6.07, 6.45) is 4.49. The van der Waals surface area contributed by atoms with E-state index in [9.17, 15) is 4.57 Å². The summed E-state index contributed by atoms with van der Waals surface area (Å²) < 4.78 is 10.6. The summed E-state index contributed by atoms with van der Waals surface area (Å²) in [6.45, 7) is 0. The maximum Gasteiger partial charge on any atom is 0.329 e. The first-order chi connectivity index (χ1) is 7.97. The van der Waals surface area contributed by atoms with Crippen LogP contribution in [-0.2, 0) is 11.0 Å². The van der Waals surface area contributed by atoms with Crippen molar-refractivity contribution in [1.82, 2.24) is 0 Å². The van der Waals surface area contributed by atoms with E-state index >= 15 is 0 Å². The molecular formula is C12H18NO3P. The van der Waals surface area contributed by atoms with Crippen molar-refractivity contribution >= 4 is 7.60 Å². The number of allylic oxidation sites excluding steroid dienone is 1. The van der Waals surface area contributed by atoms with E-state index < -0.39 is 7.60 Å². The topological polar surface area (TPSA) is 83.6 Å². The van der Waals surface area contributed by atoms with Crippen LogP contribution in [0.25, 0.3) is 0 Å². The van der Waals surface area contributed by atoms with Gasteiger partial charge in [0.1, 0.15) is 0 Å². The minimum atomic E-state index is -3.94. The Balaban J connectivity index is 2.31. The summed E-state index contributed by atoms with van der Waals surface area (Å²) >= 11 is 0. The van der Waals surface area contributed by atoms with E-state index in [-0.39, 0.29) is 12.2 Å². The van der Waals surface area contributed by atoms with Crippen molar-refractivity contribution < 1.29 is 14.4 Å². The van der Waals surface area contributed by atoms with Crippen LogP contribution in [0.4, 0.5) is 0 Å². The van der Waals surface area contributed by atoms with E-state index in [1.165, 1.54) is 11.6 Å². The first-order valence-electron chi connectivity index (χ1n) is 5.48. The molecule has 1 aromatic carbocycles. The molecule has 94 valence electrons. The normalized spacial score (nSPS) is 14.1. The molecule has 0 bridgehead atoms. The highest BCUT2D eigenvalue weighted by Gasteiger charge is 2.09. The molecule has 1 atom stereocenters. The molecule has 4 N–H and O–H groups in total. The number of aryl methyl sites for hydroxylation is 1. The van der Waals surface area contributed by atoms with Gasteiger partial charge >= 0.3 is 7.60 Å². The molecule has 0 aromatic heterocycles. The highest BCUT2D eigenvalue weighted by atomic mass is 31.2. The van der Waals surface area contributed by atoms with Gasteiger partial charge in [-0.1, -0.05) is 42.5 Å². The molecule has 0 saturated heterocycles. The molecule has 1 unspecified atom stereocenters. The molecule has 0 heterocycles.